The van der Waals surface area contributed by atoms with E-state index in [1.165, 1.54) is 0 Å². The minimum atomic E-state index is -0.411. The maximum Gasteiger partial charge on any atom is 0.266 e. The number of pyridine rings is 1. The van der Waals surface area contributed by atoms with Crippen LogP contribution in [0, 0.1) is 0 Å². The first-order chi connectivity index (χ1) is 10.3. The van der Waals surface area contributed by atoms with Crippen LogP contribution < -0.4 is 10.1 Å². The van der Waals surface area contributed by atoms with E-state index >= 15 is 0 Å². The third-order valence-electron chi connectivity index (χ3n) is 4.19. The van der Waals surface area contributed by atoms with Crippen LogP contribution in [0.3, 0.4) is 0 Å². The molecule has 21 heavy (non-hydrogen) atoms. The van der Waals surface area contributed by atoms with Crippen LogP contribution in [0.2, 0.25) is 0 Å². The van der Waals surface area contributed by atoms with Crippen molar-refractivity contribution in [2.75, 3.05) is 44.6 Å². The molecule has 0 radical (unpaired) electrons. The molecule has 2 aliphatic heterocycles. The summed E-state index contributed by atoms with van der Waals surface area (Å²) in [7, 11) is 0. The molecule has 0 aromatic carbocycles. The highest BCUT2D eigenvalue weighted by Crippen LogP contribution is 2.27. The number of amides is 1. The minimum Gasteiger partial charge on any atom is -0.477 e. The van der Waals surface area contributed by atoms with Crippen LogP contribution >= 0.6 is 0 Å². The quantitative estimate of drug-likeness (QED) is 0.889. The number of ether oxygens (including phenoxy) is 1. The fourth-order valence-corrected chi connectivity index (χ4v) is 2.80. The van der Waals surface area contributed by atoms with Gasteiger partial charge < -0.3 is 19.9 Å². The van der Waals surface area contributed by atoms with Gasteiger partial charge in [0.05, 0.1) is 0 Å². The molecular weight excluding hydrogens is 268 g/mol. The van der Waals surface area contributed by atoms with Gasteiger partial charge in [-0.1, -0.05) is 6.92 Å². The van der Waals surface area contributed by atoms with Gasteiger partial charge in [0.1, 0.15) is 0 Å². The van der Waals surface area contributed by atoms with Gasteiger partial charge in [0, 0.05) is 45.3 Å². The van der Waals surface area contributed by atoms with Crippen LogP contribution in [0.4, 0.5) is 5.82 Å². The van der Waals surface area contributed by atoms with Crippen molar-refractivity contribution < 1.29 is 9.53 Å². The number of rotatable bonds is 4. The maximum absolute atomic E-state index is 12.0. The highest BCUT2D eigenvalue weighted by atomic mass is 16.5. The molecule has 1 atom stereocenters. The Balaban J connectivity index is 1.51. The van der Waals surface area contributed by atoms with Crippen molar-refractivity contribution in [1.29, 1.82) is 0 Å². The molecule has 1 aromatic rings. The van der Waals surface area contributed by atoms with Crippen molar-refractivity contribution in [2.24, 2.45) is 0 Å². The van der Waals surface area contributed by atoms with E-state index in [0.29, 0.717) is 18.0 Å². The number of likely N-dealkylation sites (N-methyl/N-ethyl adjacent to an activating group) is 1. The standard InChI is InChI=1S/C15H22N4O2/c1-2-18-8-10-19(11-9-18)7-5-13-15(20)17-14-12(21-13)4-3-6-16-14/h3-4,6,13H,2,5,7-11H2,1H3,(H,16,17,20)/t13-/m0/s1. The molecule has 0 aliphatic carbocycles. The molecule has 1 saturated heterocycles. The molecule has 6 nitrogen and oxygen atoms in total. The normalized spacial score (nSPS) is 23.3. The fraction of sp³-hybridized carbons (Fsp3) is 0.600. The number of anilines is 1. The number of carbonyl (C=O) groups excluding carboxylic acids is 1. The van der Waals surface area contributed by atoms with E-state index in [2.05, 4.69) is 27.0 Å². The van der Waals surface area contributed by atoms with Crippen LogP contribution in [0.15, 0.2) is 18.3 Å². The third kappa shape index (κ3) is 3.33. The van der Waals surface area contributed by atoms with Gasteiger partial charge in [-0.2, -0.15) is 0 Å². The lowest BCUT2D eigenvalue weighted by atomic mass is 10.2. The molecule has 6 heteroatoms. The summed E-state index contributed by atoms with van der Waals surface area (Å²) >= 11 is 0. The smallest absolute Gasteiger partial charge is 0.266 e. The predicted molar refractivity (Wildman–Crippen MR) is 80.5 cm³/mol. The second-order valence-corrected chi connectivity index (χ2v) is 5.51. The zero-order chi connectivity index (χ0) is 14.7. The first-order valence-corrected chi connectivity index (χ1v) is 7.63. The molecule has 1 N–H and O–H groups in total. The highest BCUT2D eigenvalue weighted by Gasteiger charge is 2.28. The Kier molecular flexibility index (Phi) is 4.36. The summed E-state index contributed by atoms with van der Waals surface area (Å²) in [4.78, 5) is 21.0. The Morgan fingerprint density at radius 1 is 1.33 bits per heavy atom. The van der Waals surface area contributed by atoms with Gasteiger partial charge in [-0.25, -0.2) is 4.98 Å². The molecular formula is C15H22N4O2. The molecule has 0 unspecified atom stereocenters. The van der Waals surface area contributed by atoms with E-state index in [9.17, 15) is 4.79 Å². The van der Waals surface area contributed by atoms with Gasteiger partial charge in [-0.15, -0.1) is 0 Å². The van der Waals surface area contributed by atoms with Crippen LogP contribution in [-0.4, -0.2) is 66.1 Å². The molecule has 0 spiro atoms. The summed E-state index contributed by atoms with van der Waals surface area (Å²) in [5, 5.41) is 2.81. The molecule has 2 aliphatic rings. The predicted octanol–water partition coefficient (Wildman–Crippen LogP) is 0.809. The second kappa shape index (κ2) is 6.41. The van der Waals surface area contributed by atoms with Gasteiger partial charge in [0.15, 0.2) is 17.7 Å². The Labute approximate surface area is 125 Å². The number of piperazine rings is 1. The van der Waals surface area contributed by atoms with Crippen molar-refractivity contribution in [1.82, 2.24) is 14.8 Å². The van der Waals surface area contributed by atoms with Gasteiger partial charge in [-0.05, 0) is 18.7 Å². The molecule has 3 rings (SSSR count). The second-order valence-electron chi connectivity index (χ2n) is 5.51. The number of aromatic nitrogens is 1. The van der Waals surface area contributed by atoms with Crippen LogP contribution in [0.1, 0.15) is 13.3 Å². The van der Waals surface area contributed by atoms with E-state index < -0.39 is 6.10 Å². The zero-order valence-electron chi connectivity index (χ0n) is 12.4. The summed E-state index contributed by atoms with van der Waals surface area (Å²) in [6.07, 6.45) is 1.95. The molecule has 1 aromatic heterocycles. The van der Waals surface area contributed by atoms with Crippen LogP contribution in [0.5, 0.6) is 5.75 Å². The largest absolute Gasteiger partial charge is 0.477 e. The Bertz CT molecular complexity index is 500. The van der Waals surface area contributed by atoms with E-state index in [-0.39, 0.29) is 5.91 Å². The average molecular weight is 290 g/mol. The summed E-state index contributed by atoms with van der Waals surface area (Å²) in [6.45, 7) is 8.57. The van der Waals surface area contributed by atoms with Crippen molar-refractivity contribution in [2.45, 2.75) is 19.4 Å². The monoisotopic (exact) mass is 290 g/mol. The Morgan fingerprint density at radius 3 is 2.86 bits per heavy atom. The molecule has 3 heterocycles. The van der Waals surface area contributed by atoms with E-state index in [1.54, 1.807) is 6.20 Å². The van der Waals surface area contributed by atoms with Gasteiger partial charge in [0.2, 0.25) is 0 Å². The van der Waals surface area contributed by atoms with E-state index in [4.69, 9.17) is 4.74 Å². The van der Waals surface area contributed by atoms with Crippen molar-refractivity contribution in [3.05, 3.63) is 18.3 Å². The SMILES string of the molecule is CCN1CCN(CC[C@@H]2Oc3cccnc3NC2=O)CC1. The van der Waals surface area contributed by atoms with Crippen molar-refractivity contribution >= 4 is 11.7 Å². The summed E-state index contributed by atoms with van der Waals surface area (Å²) in [5.41, 5.74) is 0. The van der Waals surface area contributed by atoms with Gasteiger partial charge in [-0.3, -0.25) is 4.79 Å². The van der Waals surface area contributed by atoms with Crippen LogP contribution in [0.25, 0.3) is 0 Å². The zero-order valence-corrected chi connectivity index (χ0v) is 12.4. The van der Waals surface area contributed by atoms with Crippen molar-refractivity contribution in [3.8, 4) is 5.75 Å². The van der Waals surface area contributed by atoms with Gasteiger partial charge >= 0.3 is 0 Å². The number of nitrogens with zero attached hydrogens (tertiary/aromatic N) is 3. The van der Waals surface area contributed by atoms with Crippen molar-refractivity contribution in [3.63, 3.8) is 0 Å². The average Bonchev–Trinajstić information content (AvgIpc) is 2.53. The van der Waals surface area contributed by atoms with Gasteiger partial charge in [0.25, 0.3) is 5.91 Å². The lowest BCUT2D eigenvalue weighted by molar-refractivity contribution is -0.124. The molecule has 1 fully saturated rings. The Morgan fingerprint density at radius 2 is 2.10 bits per heavy atom. The molecule has 0 bridgehead atoms. The highest BCUT2D eigenvalue weighted by molar-refractivity contribution is 5.96. The number of fused-ring (bicyclic) bond motifs is 1. The minimum absolute atomic E-state index is 0.0894. The van der Waals surface area contributed by atoms with E-state index in [1.807, 2.05) is 12.1 Å². The molecule has 1 amide bonds. The summed E-state index contributed by atoms with van der Waals surface area (Å²) < 4.78 is 5.77. The van der Waals surface area contributed by atoms with Crippen LogP contribution in [-0.2, 0) is 4.79 Å². The molecule has 114 valence electrons. The fourth-order valence-electron chi connectivity index (χ4n) is 2.80. The lowest BCUT2D eigenvalue weighted by Gasteiger charge is -2.35. The topological polar surface area (TPSA) is 57.7 Å². The molecule has 0 saturated carbocycles. The third-order valence-corrected chi connectivity index (χ3v) is 4.19. The Hall–Kier alpha value is -1.66. The summed E-state index contributed by atoms with van der Waals surface area (Å²) in [6, 6.07) is 3.66. The number of nitrogens with one attached hydrogen (secondary N) is 1. The number of carbonyl (C=O) groups is 1. The lowest BCUT2D eigenvalue weighted by Crippen LogP contribution is -2.48. The first-order valence-electron chi connectivity index (χ1n) is 7.63. The summed E-state index contributed by atoms with van der Waals surface area (Å²) in [5.74, 6) is 1.10. The maximum atomic E-state index is 12.0. The number of hydrogen-bond acceptors (Lipinski definition) is 5. The number of hydrogen-bond donors (Lipinski definition) is 1. The van der Waals surface area contributed by atoms with E-state index in [0.717, 1.165) is 39.3 Å². The first kappa shape index (κ1) is 14.3.